The van der Waals surface area contributed by atoms with Gasteiger partial charge >= 0.3 is 0 Å². The van der Waals surface area contributed by atoms with E-state index in [0.29, 0.717) is 18.5 Å². The van der Waals surface area contributed by atoms with Gasteiger partial charge in [-0.05, 0) is 18.9 Å². The first-order valence-corrected chi connectivity index (χ1v) is 4.86. The number of hydrogen-bond acceptors (Lipinski definition) is 2. The van der Waals surface area contributed by atoms with Crippen molar-refractivity contribution in [2.75, 3.05) is 26.2 Å². The summed E-state index contributed by atoms with van der Waals surface area (Å²) in [6.45, 7) is 6.01. The maximum Gasteiger partial charge on any atom is 0.114 e. The highest BCUT2D eigenvalue weighted by Crippen LogP contribution is 2.21. The van der Waals surface area contributed by atoms with E-state index >= 15 is 0 Å². The molecule has 2 rings (SSSR count). The average molecular weight is 172 g/mol. The number of hydrogen-bond donors (Lipinski definition) is 1. The lowest BCUT2D eigenvalue weighted by molar-refractivity contribution is 0.202. The van der Waals surface area contributed by atoms with Crippen molar-refractivity contribution in [3.8, 4) is 0 Å². The fourth-order valence-electron chi connectivity index (χ4n) is 2.33. The highest BCUT2D eigenvalue weighted by atomic mass is 19.1. The molecule has 12 heavy (non-hydrogen) atoms. The van der Waals surface area contributed by atoms with Crippen molar-refractivity contribution in [1.82, 2.24) is 10.2 Å². The fourth-order valence-corrected chi connectivity index (χ4v) is 2.33. The summed E-state index contributed by atoms with van der Waals surface area (Å²) in [7, 11) is 0. The number of nitrogens with one attached hydrogen (secondary N) is 1. The number of likely N-dealkylation sites (tertiary alicyclic amines) is 1. The molecule has 0 aromatic carbocycles. The highest BCUT2D eigenvalue weighted by molar-refractivity contribution is 4.90. The predicted molar refractivity (Wildman–Crippen MR) is 46.9 cm³/mol. The van der Waals surface area contributed by atoms with Crippen LogP contribution in [0.25, 0.3) is 0 Å². The highest BCUT2D eigenvalue weighted by Gasteiger charge is 2.33. The minimum atomic E-state index is -0.571. The van der Waals surface area contributed by atoms with Gasteiger partial charge in [-0.3, -0.25) is 4.90 Å². The van der Waals surface area contributed by atoms with Gasteiger partial charge in [0.25, 0.3) is 0 Å². The minimum Gasteiger partial charge on any atom is -0.315 e. The van der Waals surface area contributed by atoms with Crippen LogP contribution in [0.4, 0.5) is 4.39 Å². The summed E-state index contributed by atoms with van der Waals surface area (Å²) >= 11 is 0. The van der Waals surface area contributed by atoms with Gasteiger partial charge in [-0.1, -0.05) is 6.92 Å². The second-order valence-corrected chi connectivity index (χ2v) is 4.08. The quantitative estimate of drug-likeness (QED) is 0.624. The summed E-state index contributed by atoms with van der Waals surface area (Å²) in [5.74, 6) is 0.690. The SMILES string of the molecule is CC1CNCC1N1CCC(F)C1. The standard InChI is InChI=1S/C9H17FN2/c1-7-4-11-5-9(7)12-3-2-8(10)6-12/h7-9,11H,2-6H2,1H3. The van der Waals surface area contributed by atoms with E-state index in [1.54, 1.807) is 0 Å². The lowest BCUT2D eigenvalue weighted by Crippen LogP contribution is -2.38. The molecule has 0 aromatic rings. The molecule has 0 amide bonds. The molecule has 1 N–H and O–H groups in total. The molecule has 2 heterocycles. The summed E-state index contributed by atoms with van der Waals surface area (Å²) in [5, 5.41) is 3.35. The van der Waals surface area contributed by atoms with E-state index in [1.165, 1.54) is 0 Å². The van der Waals surface area contributed by atoms with Gasteiger partial charge < -0.3 is 5.32 Å². The molecule has 0 aromatic heterocycles. The Balaban J connectivity index is 1.91. The molecule has 2 fully saturated rings. The molecule has 70 valence electrons. The van der Waals surface area contributed by atoms with Crippen molar-refractivity contribution in [1.29, 1.82) is 0 Å². The monoisotopic (exact) mass is 172 g/mol. The largest absolute Gasteiger partial charge is 0.315 e. The van der Waals surface area contributed by atoms with Gasteiger partial charge in [0.05, 0.1) is 0 Å². The summed E-state index contributed by atoms with van der Waals surface area (Å²) in [5.41, 5.74) is 0. The molecule has 0 radical (unpaired) electrons. The maximum atomic E-state index is 12.9. The molecule has 3 heteroatoms. The van der Waals surface area contributed by atoms with E-state index in [9.17, 15) is 4.39 Å². The number of rotatable bonds is 1. The van der Waals surface area contributed by atoms with Crippen LogP contribution < -0.4 is 5.32 Å². The van der Waals surface area contributed by atoms with E-state index in [-0.39, 0.29) is 0 Å². The Morgan fingerprint density at radius 3 is 2.75 bits per heavy atom. The first-order chi connectivity index (χ1) is 5.77. The molecule has 0 bridgehead atoms. The zero-order valence-electron chi connectivity index (χ0n) is 7.59. The zero-order chi connectivity index (χ0) is 8.55. The van der Waals surface area contributed by atoms with Crippen LogP contribution in [0.2, 0.25) is 0 Å². The summed E-state index contributed by atoms with van der Waals surface area (Å²) in [6.07, 6.45) is 0.168. The normalized spacial score (nSPS) is 44.0. The van der Waals surface area contributed by atoms with Gasteiger partial charge in [0, 0.05) is 25.7 Å². The molecule has 3 atom stereocenters. The Morgan fingerprint density at radius 1 is 1.42 bits per heavy atom. The Kier molecular flexibility index (Phi) is 2.33. The van der Waals surface area contributed by atoms with Crippen LogP contribution >= 0.6 is 0 Å². The summed E-state index contributed by atoms with van der Waals surface area (Å²) in [4.78, 5) is 2.30. The van der Waals surface area contributed by atoms with Crippen LogP contribution in [0.1, 0.15) is 13.3 Å². The van der Waals surface area contributed by atoms with E-state index < -0.39 is 6.17 Å². The molecular formula is C9H17FN2. The van der Waals surface area contributed by atoms with Crippen molar-refractivity contribution in [2.45, 2.75) is 25.6 Å². The van der Waals surface area contributed by atoms with Crippen LogP contribution in [0.15, 0.2) is 0 Å². The van der Waals surface area contributed by atoms with Gasteiger partial charge in [-0.15, -0.1) is 0 Å². The van der Waals surface area contributed by atoms with Crippen molar-refractivity contribution in [2.24, 2.45) is 5.92 Å². The van der Waals surface area contributed by atoms with Gasteiger partial charge in [0.1, 0.15) is 6.17 Å². The second kappa shape index (κ2) is 3.30. The molecule has 3 unspecified atom stereocenters. The molecule has 0 saturated carbocycles. The number of alkyl halides is 1. The Bertz CT molecular complexity index is 163. The van der Waals surface area contributed by atoms with E-state index in [0.717, 1.165) is 26.1 Å². The van der Waals surface area contributed by atoms with Crippen LogP contribution in [0.3, 0.4) is 0 Å². The lowest BCUT2D eigenvalue weighted by Gasteiger charge is -2.25. The molecule has 0 aliphatic carbocycles. The predicted octanol–water partition coefficient (Wildman–Crippen LogP) is 0.638. The molecule has 2 nitrogen and oxygen atoms in total. The van der Waals surface area contributed by atoms with Gasteiger partial charge in [0.2, 0.25) is 0 Å². The number of nitrogens with zero attached hydrogens (tertiary/aromatic N) is 1. The third-order valence-corrected chi connectivity index (χ3v) is 3.11. The summed E-state index contributed by atoms with van der Waals surface area (Å²) in [6, 6.07) is 0.589. The van der Waals surface area contributed by atoms with E-state index in [1.807, 2.05) is 0 Å². The third kappa shape index (κ3) is 1.48. The second-order valence-electron chi connectivity index (χ2n) is 4.08. The topological polar surface area (TPSA) is 15.3 Å². The average Bonchev–Trinajstić information content (AvgIpc) is 2.58. The molecule has 2 aliphatic rings. The smallest absolute Gasteiger partial charge is 0.114 e. The first kappa shape index (κ1) is 8.45. The molecule has 2 aliphatic heterocycles. The van der Waals surface area contributed by atoms with Crippen molar-refractivity contribution in [3.05, 3.63) is 0 Å². The van der Waals surface area contributed by atoms with Crippen molar-refractivity contribution < 1.29 is 4.39 Å². The molecular weight excluding hydrogens is 155 g/mol. The third-order valence-electron chi connectivity index (χ3n) is 3.11. The van der Waals surface area contributed by atoms with Crippen LogP contribution in [0, 0.1) is 5.92 Å². The lowest BCUT2D eigenvalue weighted by atomic mass is 10.1. The minimum absolute atomic E-state index is 0.571. The number of halogens is 1. The van der Waals surface area contributed by atoms with E-state index in [2.05, 4.69) is 17.1 Å². The maximum absolute atomic E-state index is 12.9. The van der Waals surface area contributed by atoms with Gasteiger partial charge in [-0.25, -0.2) is 4.39 Å². The first-order valence-electron chi connectivity index (χ1n) is 4.86. The van der Waals surface area contributed by atoms with Crippen molar-refractivity contribution >= 4 is 0 Å². The fraction of sp³-hybridized carbons (Fsp3) is 1.00. The van der Waals surface area contributed by atoms with Crippen molar-refractivity contribution in [3.63, 3.8) is 0 Å². The van der Waals surface area contributed by atoms with Crippen LogP contribution in [0.5, 0.6) is 0 Å². The Labute approximate surface area is 73.1 Å². The van der Waals surface area contributed by atoms with E-state index in [4.69, 9.17) is 0 Å². The van der Waals surface area contributed by atoms with Crippen LogP contribution in [-0.2, 0) is 0 Å². The van der Waals surface area contributed by atoms with Gasteiger partial charge in [0.15, 0.2) is 0 Å². The van der Waals surface area contributed by atoms with Gasteiger partial charge in [-0.2, -0.15) is 0 Å². The van der Waals surface area contributed by atoms with Crippen LogP contribution in [-0.4, -0.2) is 43.3 Å². The Hall–Kier alpha value is -0.150. The molecule has 0 spiro atoms. The zero-order valence-corrected chi connectivity index (χ0v) is 7.59. The molecule has 2 saturated heterocycles. The Morgan fingerprint density at radius 2 is 2.25 bits per heavy atom. The summed E-state index contributed by atoms with van der Waals surface area (Å²) < 4.78 is 12.9.